The number of nitrogens with zero attached hydrogens (tertiary/aromatic N) is 4. The highest BCUT2D eigenvalue weighted by molar-refractivity contribution is 5.95. The van der Waals surface area contributed by atoms with E-state index in [2.05, 4.69) is 28.5 Å². The molecule has 2 aromatic heterocycles. The summed E-state index contributed by atoms with van der Waals surface area (Å²) in [5.74, 6) is 0.440. The molecule has 1 amide bonds. The van der Waals surface area contributed by atoms with Gasteiger partial charge in [0.15, 0.2) is 0 Å². The van der Waals surface area contributed by atoms with Gasteiger partial charge in [0, 0.05) is 35.5 Å². The topological polar surface area (TPSA) is 83.6 Å². The van der Waals surface area contributed by atoms with Gasteiger partial charge >= 0.3 is 0 Å². The number of hydrogen-bond acceptors (Lipinski definition) is 4. The van der Waals surface area contributed by atoms with Crippen molar-refractivity contribution in [1.82, 2.24) is 20.1 Å². The van der Waals surface area contributed by atoms with Gasteiger partial charge in [-0.25, -0.2) is 0 Å². The Balaban J connectivity index is 1.38. The number of carbonyl (C=O) groups excluding carboxylic acids is 1. The summed E-state index contributed by atoms with van der Waals surface area (Å²) in [6.45, 7) is 2.66. The van der Waals surface area contributed by atoms with Crippen LogP contribution in [0.15, 0.2) is 42.6 Å². The van der Waals surface area contributed by atoms with Gasteiger partial charge in [0.05, 0.1) is 29.1 Å². The normalized spacial score (nSPS) is 17.6. The predicted octanol–water partition coefficient (Wildman–Crippen LogP) is 3.88. The Hall–Kier alpha value is -3.46. The van der Waals surface area contributed by atoms with Crippen LogP contribution in [0.4, 0.5) is 0 Å². The van der Waals surface area contributed by atoms with Crippen molar-refractivity contribution in [3.05, 3.63) is 70.7 Å². The predicted molar refractivity (Wildman–Crippen MR) is 108 cm³/mol. The number of nitrogens with one attached hydrogen (secondary N) is 1. The highest BCUT2D eigenvalue weighted by Gasteiger charge is 2.28. The molecule has 0 radical (unpaired) electrons. The first-order chi connectivity index (χ1) is 14.1. The third-order valence-corrected chi connectivity index (χ3v) is 5.64. The largest absolute Gasteiger partial charge is 0.344 e. The zero-order valence-corrected chi connectivity index (χ0v) is 16.2. The number of carbonyl (C=O) groups is 1. The molecule has 1 aliphatic carbocycles. The van der Waals surface area contributed by atoms with Gasteiger partial charge in [-0.3, -0.25) is 14.5 Å². The van der Waals surface area contributed by atoms with Crippen molar-refractivity contribution in [2.45, 2.75) is 44.7 Å². The van der Waals surface area contributed by atoms with Gasteiger partial charge in [-0.05, 0) is 68.1 Å². The van der Waals surface area contributed by atoms with E-state index >= 15 is 0 Å². The lowest BCUT2D eigenvalue weighted by Gasteiger charge is -2.12. The van der Waals surface area contributed by atoms with Crippen LogP contribution in [0.1, 0.15) is 64.1 Å². The fourth-order valence-electron chi connectivity index (χ4n) is 4.01. The highest BCUT2D eigenvalue weighted by atomic mass is 16.1. The van der Waals surface area contributed by atoms with E-state index in [-0.39, 0.29) is 11.9 Å². The lowest BCUT2D eigenvalue weighted by atomic mass is 10.1. The summed E-state index contributed by atoms with van der Waals surface area (Å²) in [7, 11) is 0. The van der Waals surface area contributed by atoms with E-state index in [0.29, 0.717) is 17.0 Å². The summed E-state index contributed by atoms with van der Waals surface area (Å²) in [4.78, 5) is 17.3. The third kappa shape index (κ3) is 3.40. The number of fused-ring (bicyclic) bond motifs is 1. The first kappa shape index (κ1) is 17.6. The van der Waals surface area contributed by atoms with Crippen molar-refractivity contribution in [1.29, 1.82) is 5.26 Å². The number of aromatic nitrogens is 3. The molecule has 29 heavy (non-hydrogen) atoms. The van der Waals surface area contributed by atoms with E-state index in [0.717, 1.165) is 41.2 Å². The minimum atomic E-state index is -0.161. The first-order valence-electron chi connectivity index (χ1n) is 9.97. The molecule has 6 nitrogen and oxygen atoms in total. The lowest BCUT2D eigenvalue weighted by Crippen LogP contribution is -2.27. The summed E-state index contributed by atoms with van der Waals surface area (Å²) in [6.07, 6.45) is 5.11. The Kier molecular flexibility index (Phi) is 4.17. The van der Waals surface area contributed by atoms with Crippen molar-refractivity contribution in [2.75, 3.05) is 0 Å². The van der Waals surface area contributed by atoms with Crippen LogP contribution < -0.4 is 5.32 Å². The van der Waals surface area contributed by atoms with E-state index in [1.807, 2.05) is 29.9 Å². The Morgan fingerprint density at radius 2 is 2.07 bits per heavy atom. The molecule has 144 valence electrons. The molecular formula is C23H21N5O. The average molecular weight is 383 g/mol. The number of aryl methyl sites for hydroxylation is 2. The number of nitriles is 1. The minimum absolute atomic E-state index is 0.0838. The monoisotopic (exact) mass is 383 g/mol. The van der Waals surface area contributed by atoms with Gasteiger partial charge in [0.1, 0.15) is 0 Å². The molecule has 1 fully saturated rings. The number of pyridine rings is 1. The van der Waals surface area contributed by atoms with Crippen LogP contribution in [0.2, 0.25) is 0 Å². The van der Waals surface area contributed by atoms with Gasteiger partial charge in [0.2, 0.25) is 0 Å². The molecule has 6 heteroatoms. The molecule has 0 spiro atoms. The molecule has 3 aromatic rings. The van der Waals surface area contributed by atoms with E-state index in [4.69, 9.17) is 10.4 Å². The number of rotatable bonds is 4. The van der Waals surface area contributed by atoms with Gasteiger partial charge < -0.3 is 5.32 Å². The van der Waals surface area contributed by atoms with Crippen molar-refractivity contribution in [3.8, 4) is 17.3 Å². The summed E-state index contributed by atoms with van der Waals surface area (Å²) >= 11 is 0. The second-order valence-electron chi connectivity index (χ2n) is 7.94. The number of benzene rings is 1. The Bertz CT molecular complexity index is 1150. The SMILES string of the molecule is Cc1cc(C#N)cc(C(=O)N[C@H]2CCn3nc(-c4ccnc(C5CC5)c4)cc32)c1. The second kappa shape index (κ2) is 6.85. The standard InChI is InChI=1S/C23H21N5O/c1-14-8-15(13-24)10-18(9-14)23(29)26-19-5-7-28-22(19)12-21(27-28)17-4-6-25-20(11-17)16-2-3-16/h4,6,8-12,16,19H,2-3,5,7H2,1H3,(H,26,29)/t19-/m0/s1. The highest BCUT2D eigenvalue weighted by Crippen LogP contribution is 2.40. The minimum Gasteiger partial charge on any atom is -0.344 e. The smallest absolute Gasteiger partial charge is 0.251 e. The zero-order valence-electron chi connectivity index (χ0n) is 16.2. The summed E-state index contributed by atoms with van der Waals surface area (Å²) in [5.41, 5.74) is 6.08. The Morgan fingerprint density at radius 1 is 1.21 bits per heavy atom. The quantitative estimate of drug-likeness (QED) is 0.741. The summed E-state index contributed by atoms with van der Waals surface area (Å²) in [5, 5.41) is 17.0. The number of hydrogen-bond donors (Lipinski definition) is 1. The molecule has 3 heterocycles. The van der Waals surface area contributed by atoms with E-state index in [1.165, 1.54) is 12.8 Å². The van der Waals surface area contributed by atoms with Gasteiger partial charge in [-0.1, -0.05) is 0 Å². The van der Waals surface area contributed by atoms with Crippen LogP contribution in [0.25, 0.3) is 11.3 Å². The molecule has 0 bridgehead atoms. The van der Waals surface area contributed by atoms with Crippen LogP contribution in [0.3, 0.4) is 0 Å². The van der Waals surface area contributed by atoms with E-state index in [9.17, 15) is 4.79 Å². The van der Waals surface area contributed by atoms with Crippen molar-refractivity contribution in [3.63, 3.8) is 0 Å². The zero-order chi connectivity index (χ0) is 20.0. The van der Waals surface area contributed by atoms with Crippen LogP contribution in [-0.4, -0.2) is 20.7 Å². The van der Waals surface area contributed by atoms with E-state index < -0.39 is 0 Å². The molecule has 1 aliphatic heterocycles. The molecule has 1 saturated carbocycles. The molecule has 5 rings (SSSR count). The lowest BCUT2D eigenvalue weighted by molar-refractivity contribution is 0.0936. The summed E-state index contributed by atoms with van der Waals surface area (Å²) in [6, 6.07) is 13.5. The molecule has 0 unspecified atom stereocenters. The maximum Gasteiger partial charge on any atom is 0.251 e. The molecular weight excluding hydrogens is 362 g/mol. The molecule has 1 atom stereocenters. The Morgan fingerprint density at radius 3 is 2.86 bits per heavy atom. The fourth-order valence-corrected chi connectivity index (χ4v) is 4.01. The van der Waals surface area contributed by atoms with Crippen molar-refractivity contribution in [2.24, 2.45) is 0 Å². The van der Waals surface area contributed by atoms with Crippen LogP contribution in [0, 0.1) is 18.3 Å². The van der Waals surface area contributed by atoms with Gasteiger partial charge in [-0.15, -0.1) is 0 Å². The fraction of sp³-hybridized carbons (Fsp3) is 0.304. The van der Waals surface area contributed by atoms with E-state index in [1.54, 1.807) is 12.1 Å². The number of amides is 1. The second-order valence-corrected chi connectivity index (χ2v) is 7.94. The molecule has 0 saturated heterocycles. The van der Waals surface area contributed by atoms with Gasteiger partial charge in [-0.2, -0.15) is 10.4 Å². The maximum atomic E-state index is 12.8. The average Bonchev–Trinajstić information content (AvgIpc) is 3.40. The first-order valence-corrected chi connectivity index (χ1v) is 9.97. The van der Waals surface area contributed by atoms with Gasteiger partial charge in [0.25, 0.3) is 5.91 Å². The van der Waals surface area contributed by atoms with Crippen molar-refractivity contribution >= 4 is 5.91 Å². The van der Waals surface area contributed by atoms with Crippen LogP contribution in [-0.2, 0) is 6.54 Å². The molecule has 1 N–H and O–H groups in total. The molecule has 2 aliphatic rings. The van der Waals surface area contributed by atoms with Crippen LogP contribution >= 0.6 is 0 Å². The maximum absolute atomic E-state index is 12.8. The molecule has 1 aromatic carbocycles. The third-order valence-electron chi connectivity index (χ3n) is 5.64. The van der Waals surface area contributed by atoms with Crippen LogP contribution in [0.5, 0.6) is 0 Å². The Labute approximate surface area is 169 Å². The summed E-state index contributed by atoms with van der Waals surface area (Å²) < 4.78 is 1.98. The van der Waals surface area contributed by atoms with Crippen molar-refractivity contribution < 1.29 is 4.79 Å².